The van der Waals surface area contributed by atoms with E-state index in [-0.39, 0.29) is 17.8 Å². The van der Waals surface area contributed by atoms with Crippen molar-refractivity contribution in [2.75, 3.05) is 5.32 Å². The van der Waals surface area contributed by atoms with Gasteiger partial charge in [-0.05, 0) is 36.2 Å². The van der Waals surface area contributed by atoms with E-state index in [1.165, 1.54) is 0 Å². The van der Waals surface area contributed by atoms with Crippen LogP contribution in [0.1, 0.15) is 27.7 Å². The quantitative estimate of drug-likeness (QED) is 0.733. The second-order valence-corrected chi connectivity index (χ2v) is 4.64. The first kappa shape index (κ1) is 11.6. The van der Waals surface area contributed by atoms with Crippen molar-refractivity contribution in [3.05, 3.63) is 59.2 Å². The minimum Gasteiger partial charge on any atom is -0.508 e. The van der Waals surface area contributed by atoms with Gasteiger partial charge in [0.1, 0.15) is 11.9 Å². The van der Waals surface area contributed by atoms with Crippen molar-refractivity contribution in [3.63, 3.8) is 0 Å². The standard InChI is InChI=1S/C15H14N2O2/c1-9-4-2-7-12-13(9)16-14(17-15(12)19)10-5-3-6-11(18)8-10/h2-8,14,16,18H,1H3,(H,17,19). The van der Waals surface area contributed by atoms with E-state index in [9.17, 15) is 9.90 Å². The van der Waals surface area contributed by atoms with Gasteiger partial charge < -0.3 is 15.7 Å². The highest BCUT2D eigenvalue weighted by molar-refractivity contribution is 6.02. The van der Waals surface area contributed by atoms with Crippen LogP contribution in [0.3, 0.4) is 0 Å². The maximum Gasteiger partial charge on any atom is 0.255 e. The minimum absolute atomic E-state index is 0.106. The molecule has 1 amide bonds. The van der Waals surface area contributed by atoms with E-state index in [2.05, 4.69) is 10.6 Å². The van der Waals surface area contributed by atoms with E-state index < -0.39 is 0 Å². The maximum atomic E-state index is 12.1. The molecule has 1 aliphatic rings. The highest BCUT2D eigenvalue weighted by Gasteiger charge is 2.25. The van der Waals surface area contributed by atoms with Crippen LogP contribution < -0.4 is 10.6 Å². The van der Waals surface area contributed by atoms with Crippen LogP contribution in [0.4, 0.5) is 5.69 Å². The number of phenols is 1. The summed E-state index contributed by atoms with van der Waals surface area (Å²) in [6.45, 7) is 1.96. The molecule has 0 aliphatic carbocycles. The van der Waals surface area contributed by atoms with Crippen molar-refractivity contribution < 1.29 is 9.90 Å². The number of amides is 1. The molecule has 0 saturated carbocycles. The monoisotopic (exact) mass is 254 g/mol. The molecule has 0 spiro atoms. The summed E-state index contributed by atoms with van der Waals surface area (Å²) in [6, 6.07) is 12.5. The van der Waals surface area contributed by atoms with E-state index in [1.807, 2.05) is 25.1 Å². The largest absolute Gasteiger partial charge is 0.508 e. The van der Waals surface area contributed by atoms with Gasteiger partial charge >= 0.3 is 0 Å². The smallest absolute Gasteiger partial charge is 0.255 e. The molecule has 4 heteroatoms. The lowest BCUT2D eigenvalue weighted by Gasteiger charge is -2.29. The molecule has 19 heavy (non-hydrogen) atoms. The number of carbonyl (C=O) groups excluding carboxylic acids is 1. The number of hydrogen-bond acceptors (Lipinski definition) is 3. The molecule has 0 aromatic heterocycles. The number of nitrogens with one attached hydrogen (secondary N) is 2. The van der Waals surface area contributed by atoms with Crippen LogP contribution in [0, 0.1) is 6.92 Å². The molecule has 3 N–H and O–H groups in total. The lowest BCUT2D eigenvalue weighted by Crippen LogP contribution is -2.38. The third-order valence-electron chi connectivity index (χ3n) is 3.29. The van der Waals surface area contributed by atoms with Crippen molar-refractivity contribution in [2.24, 2.45) is 0 Å². The number of aromatic hydroxyl groups is 1. The molecule has 0 saturated heterocycles. The molecule has 0 fully saturated rings. The van der Waals surface area contributed by atoms with E-state index in [0.29, 0.717) is 5.56 Å². The topological polar surface area (TPSA) is 61.4 Å². The molecule has 2 aromatic carbocycles. The molecule has 0 bridgehead atoms. The van der Waals surface area contributed by atoms with Gasteiger partial charge in [-0.25, -0.2) is 0 Å². The van der Waals surface area contributed by atoms with Gasteiger partial charge in [-0.1, -0.05) is 24.3 Å². The van der Waals surface area contributed by atoms with Crippen LogP contribution in [0.5, 0.6) is 5.75 Å². The van der Waals surface area contributed by atoms with Crippen LogP contribution >= 0.6 is 0 Å². The van der Waals surface area contributed by atoms with E-state index in [1.54, 1.807) is 24.3 Å². The van der Waals surface area contributed by atoms with Gasteiger partial charge in [-0.15, -0.1) is 0 Å². The van der Waals surface area contributed by atoms with Gasteiger partial charge in [0.05, 0.1) is 11.3 Å². The van der Waals surface area contributed by atoms with Crippen molar-refractivity contribution in [3.8, 4) is 5.75 Å². The Morgan fingerprint density at radius 1 is 1.11 bits per heavy atom. The molecule has 1 aliphatic heterocycles. The van der Waals surface area contributed by atoms with Gasteiger partial charge in [-0.3, -0.25) is 4.79 Å². The Bertz CT molecular complexity index is 652. The Balaban J connectivity index is 2.01. The fourth-order valence-electron chi connectivity index (χ4n) is 2.31. The summed E-state index contributed by atoms with van der Waals surface area (Å²) in [7, 11) is 0. The fourth-order valence-corrected chi connectivity index (χ4v) is 2.31. The molecule has 0 radical (unpaired) electrons. The average Bonchev–Trinajstić information content (AvgIpc) is 2.40. The fraction of sp³-hybridized carbons (Fsp3) is 0.133. The van der Waals surface area contributed by atoms with Gasteiger partial charge in [0.2, 0.25) is 0 Å². The van der Waals surface area contributed by atoms with Crippen LogP contribution in [-0.4, -0.2) is 11.0 Å². The Kier molecular flexibility index (Phi) is 2.63. The number of benzene rings is 2. The zero-order valence-corrected chi connectivity index (χ0v) is 10.5. The molecule has 2 aromatic rings. The van der Waals surface area contributed by atoms with Crippen LogP contribution in [0.2, 0.25) is 0 Å². The van der Waals surface area contributed by atoms with Crippen molar-refractivity contribution >= 4 is 11.6 Å². The van der Waals surface area contributed by atoms with E-state index >= 15 is 0 Å². The second kappa shape index (κ2) is 4.31. The SMILES string of the molecule is Cc1cccc2c1NC(c1cccc(O)c1)NC2=O. The zero-order chi connectivity index (χ0) is 13.4. The number of rotatable bonds is 1. The van der Waals surface area contributed by atoms with Crippen molar-refractivity contribution in [1.29, 1.82) is 0 Å². The van der Waals surface area contributed by atoms with Crippen molar-refractivity contribution in [2.45, 2.75) is 13.1 Å². The summed E-state index contributed by atoms with van der Waals surface area (Å²) in [5.41, 5.74) is 3.34. The molecular weight excluding hydrogens is 240 g/mol. The third-order valence-corrected chi connectivity index (χ3v) is 3.29. The lowest BCUT2D eigenvalue weighted by molar-refractivity contribution is 0.0935. The molecule has 1 atom stereocenters. The molecule has 96 valence electrons. The second-order valence-electron chi connectivity index (χ2n) is 4.64. The first-order chi connectivity index (χ1) is 9.15. The number of para-hydroxylation sites is 1. The molecule has 1 unspecified atom stereocenters. The van der Waals surface area contributed by atoms with Crippen LogP contribution in [-0.2, 0) is 0 Å². The highest BCUT2D eigenvalue weighted by atomic mass is 16.3. The number of aryl methyl sites for hydroxylation is 1. The Hall–Kier alpha value is -2.49. The number of carbonyl (C=O) groups is 1. The normalized spacial score (nSPS) is 17.3. The Morgan fingerprint density at radius 3 is 2.68 bits per heavy atom. The van der Waals surface area contributed by atoms with E-state index in [0.717, 1.165) is 16.8 Å². The zero-order valence-electron chi connectivity index (χ0n) is 10.5. The summed E-state index contributed by atoms with van der Waals surface area (Å²) < 4.78 is 0. The molecule has 4 nitrogen and oxygen atoms in total. The predicted octanol–water partition coefficient (Wildman–Crippen LogP) is 2.55. The highest BCUT2D eigenvalue weighted by Crippen LogP contribution is 2.30. The summed E-state index contributed by atoms with van der Waals surface area (Å²) in [4.78, 5) is 12.1. The van der Waals surface area contributed by atoms with Gasteiger partial charge in [0, 0.05) is 0 Å². The maximum absolute atomic E-state index is 12.1. The summed E-state index contributed by atoms with van der Waals surface area (Å²) in [5.74, 6) is 0.0786. The van der Waals surface area contributed by atoms with Crippen LogP contribution in [0.15, 0.2) is 42.5 Å². The summed E-state index contributed by atoms with van der Waals surface area (Å²) in [6.07, 6.45) is -0.326. The summed E-state index contributed by atoms with van der Waals surface area (Å²) >= 11 is 0. The molecular formula is C15H14N2O2. The number of fused-ring (bicyclic) bond motifs is 1. The van der Waals surface area contributed by atoms with Crippen LogP contribution in [0.25, 0.3) is 0 Å². The number of hydrogen-bond donors (Lipinski definition) is 3. The Labute approximate surface area is 111 Å². The van der Waals surface area contributed by atoms with Gasteiger partial charge in [-0.2, -0.15) is 0 Å². The van der Waals surface area contributed by atoms with Crippen molar-refractivity contribution in [1.82, 2.24) is 5.32 Å². The minimum atomic E-state index is -0.326. The first-order valence-electron chi connectivity index (χ1n) is 6.11. The van der Waals surface area contributed by atoms with Gasteiger partial charge in [0.25, 0.3) is 5.91 Å². The lowest BCUT2D eigenvalue weighted by atomic mass is 10.0. The molecule has 1 heterocycles. The predicted molar refractivity (Wildman–Crippen MR) is 73.1 cm³/mol. The first-order valence-corrected chi connectivity index (χ1v) is 6.11. The average molecular weight is 254 g/mol. The van der Waals surface area contributed by atoms with Gasteiger partial charge in [0.15, 0.2) is 0 Å². The Morgan fingerprint density at radius 2 is 1.89 bits per heavy atom. The molecule has 3 rings (SSSR count). The third kappa shape index (κ3) is 2.01. The number of anilines is 1. The number of phenolic OH excluding ortho intramolecular Hbond substituents is 1. The van der Waals surface area contributed by atoms with E-state index in [4.69, 9.17) is 0 Å². The summed E-state index contributed by atoms with van der Waals surface area (Å²) in [5, 5.41) is 15.7.